The fourth-order valence-corrected chi connectivity index (χ4v) is 1.91. The van der Waals surface area contributed by atoms with Gasteiger partial charge < -0.3 is 4.90 Å². The second kappa shape index (κ2) is 4.03. The Kier molecular flexibility index (Phi) is 2.74. The molecule has 1 heterocycles. The third-order valence-corrected chi connectivity index (χ3v) is 3.01. The first kappa shape index (κ1) is 10.2. The molecule has 0 bridgehead atoms. The molecule has 1 aromatic rings. The Morgan fingerprint density at radius 2 is 2.07 bits per heavy atom. The van der Waals surface area contributed by atoms with Gasteiger partial charge in [0.25, 0.3) is 0 Å². The van der Waals surface area contributed by atoms with Crippen molar-refractivity contribution in [2.75, 3.05) is 18.0 Å². The van der Waals surface area contributed by atoms with Crippen molar-refractivity contribution in [3.8, 4) is 6.07 Å². The lowest BCUT2D eigenvalue weighted by Gasteiger charge is -2.16. The maximum atomic E-state index is 11.4. The van der Waals surface area contributed by atoms with Crippen LogP contribution in [0.5, 0.6) is 0 Å². The van der Waals surface area contributed by atoms with Crippen molar-refractivity contribution >= 4 is 27.4 Å². The molecule has 2 rings (SSSR count). The van der Waals surface area contributed by atoms with Crippen LogP contribution in [0.15, 0.2) is 28.7 Å². The normalized spacial score (nSPS) is 20.4. The van der Waals surface area contributed by atoms with Crippen molar-refractivity contribution in [2.24, 2.45) is 5.92 Å². The van der Waals surface area contributed by atoms with Crippen LogP contribution < -0.4 is 4.90 Å². The highest BCUT2D eigenvalue weighted by Crippen LogP contribution is 2.23. The van der Waals surface area contributed by atoms with Crippen molar-refractivity contribution < 1.29 is 4.79 Å². The highest BCUT2D eigenvalue weighted by atomic mass is 79.9. The standard InChI is InChI=1S/C11H9BrN2O/c12-9-1-3-10(4-2-9)14-6-8(5-13)11(15)7-14/h1-4,8H,6-7H2. The van der Waals surface area contributed by atoms with Gasteiger partial charge in [0.2, 0.25) is 0 Å². The highest BCUT2D eigenvalue weighted by Gasteiger charge is 2.30. The maximum absolute atomic E-state index is 11.4. The van der Waals surface area contributed by atoms with Crippen molar-refractivity contribution in [1.82, 2.24) is 0 Å². The van der Waals surface area contributed by atoms with Gasteiger partial charge in [0.15, 0.2) is 5.78 Å². The number of halogens is 1. The van der Waals surface area contributed by atoms with Crippen molar-refractivity contribution in [3.63, 3.8) is 0 Å². The number of Topliss-reactive ketones (excluding diaryl/α,β-unsaturated/α-hetero) is 1. The van der Waals surface area contributed by atoms with E-state index in [0.29, 0.717) is 13.1 Å². The van der Waals surface area contributed by atoms with Gasteiger partial charge in [-0.25, -0.2) is 0 Å². The average Bonchev–Trinajstić information content (AvgIpc) is 2.61. The van der Waals surface area contributed by atoms with E-state index in [4.69, 9.17) is 5.26 Å². The van der Waals surface area contributed by atoms with E-state index in [1.807, 2.05) is 35.2 Å². The van der Waals surface area contributed by atoms with Crippen LogP contribution in [0.2, 0.25) is 0 Å². The van der Waals surface area contributed by atoms with E-state index in [1.165, 1.54) is 0 Å². The SMILES string of the molecule is N#CC1CN(c2ccc(Br)cc2)CC1=O. The third kappa shape index (κ3) is 2.02. The lowest BCUT2D eigenvalue weighted by atomic mass is 10.1. The summed E-state index contributed by atoms with van der Waals surface area (Å²) in [4.78, 5) is 13.3. The quantitative estimate of drug-likeness (QED) is 0.779. The molecule has 0 amide bonds. The van der Waals surface area contributed by atoms with E-state index in [1.54, 1.807) is 0 Å². The Balaban J connectivity index is 2.18. The predicted molar refractivity (Wildman–Crippen MR) is 60.5 cm³/mol. The van der Waals surface area contributed by atoms with Gasteiger partial charge in [-0.15, -0.1) is 0 Å². The average molecular weight is 265 g/mol. The molecule has 0 aliphatic carbocycles. The molecule has 1 aliphatic heterocycles. The van der Waals surface area contributed by atoms with Gasteiger partial charge in [0, 0.05) is 16.7 Å². The van der Waals surface area contributed by atoms with E-state index >= 15 is 0 Å². The van der Waals surface area contributed by atoms with Crippen LogP contribution >= 0.6 is 15.9 Å². The number of hydrogen-bond donors (Lipinski definition) is 0. The smallest absolute Gasteiger partial charge is 0.170 e. The minimum Gasteiger partial charge on any atom is -0.362 e. The fourth-order valence-electron chi connectivity index (χ4n) is 1.65. The summed E-state index contributed by atoms with van der Waals surface area (Å²) >= 11 is 3.35. The zero-order chi connectivity index (χ0) is 10.8. The molecular weight excluding hydrogens is 256 g/mol. The summed E-state index contributed by atoms with van der Waals surface area (Å²) in [7, 11) is 0. The molecule has 3 nitrogen and oxygen atoms in total. The molecule has 1 aromatic carbocycles. The molecule has 1 atom stereocenters. The monoisotopic (exact) mass is 264 g/mol. The van der Waals surface area contributed by atoms with Crippen LogP contribution in [0.3, 0.4) is 0 Å². The number of carbonyl (C=O) groups is 1. The number of nitrogens with zero attached hydrogens (tertiary/aromatic N) is 2. The number of ketones is 1. The number of carbonyl (C=O) groups excluding carboxylic acids is 1. The minimum absolute atomic E-state index is 0.0143. The molecule has 1 unspecified atom stereocenters. The fraction of sp³-hybridized carbons (Fsp3) is 0.273. The molecule has 0 radical (unpaired) electrons. The van der Waals surface area contributed by atoms with E-state index in [0.717, 1.165) is 10.2 Å². The van der Waals surface area contributed by atoms with Crippen molar-refractivity contribution in [2.45, 2.75) is 0 Å². The van der Waals surface area contributed by atoms with Crippen LogP contribution in [0.4, 0.5) is 5.69 Å². The lowest BCUT2D eigenvalue weighted by molar-refractivity contribution is -0.118. The second-order valence-electron chi connectivity index (χ2n) is 3.50. The van der Waals surface area contributed by atoms with Crippen molar-refractivity contribution in [1.29, 1.82) is 5.26 Å². The van der Waals surface area contributed by atoms with Crippen LogP contribution in [0.25, 0.3) is 0 Å². The molecule has 1 aliphatic rings. The summed E-state index contributed by atoms with van der Waals surface area (Å²) in [6.45, 7) is 0.858. The van der Waals surface area contributed by atoms with Crippen LogP contribution in [-0.2, 0) is 4.79 Å². The Bertz CT molecular complexity index is 421. The predicted octanol–water partition coefficient (Wildman–Crippen LogP) is 1.98. The first-order valence-corrected chi connectivity index (χ1v) is 5.43. The van der Waals surface area contributed by atoms with E-state index in [-0.39, 0.29) is 5.78 Å². The van der Waals surface area contributed by atoms with Gasteiger partial charge in [-0.05, 0) is 24.3 Å². The summed E-state index contributed by atoms with van der Waals surface area (Å²) < 4.78 is 1.01. The number of hydrogen-bond acceptors (Lipinski definition) is 3. The van der Waals surface area contributed by atoms with Gasteiger partial charge >= 0.3 is 0 Å². The largest absolute Gasteiger partial charge is 0.362 e. The van der Waals surface area contributed by atoms with Gasteiger partial charge in [0.1, 0.15) is 5.92 Å². The number of anilines is 1. The maximum Gasteiger partial charge on any atom is 0.170 e. The van der Waals surface area contributed by atoms with Gasteiger partial charge in [0.05, 0.1) is 12.6 Å². The Labute approximate surface area is 96.4 Å². The third-order valence-electron chi connectivity index (χ3n) is 2.49. The van der Waals surface area contributed by atoms with Gasteiger partial charge in [-0.3, -0.25) is 4.79 Å². The Hall–Kier alpha value is -1.34. The van der Waals surface area contributed by atoms with E-state index in [2.05, 4.69) is 15.9 Å². The number of benzene rings is 1. The molecule has 0 aromatic heterocycles. The highest BCUT2D eigenvalue weighted by molar-refractivity contribution is 9.10. The van der Waals surface area contributed by atoms with Gasteiger partial charge in [-0.1, -0.05) is 15.9 Å². The molecular formula is C11H9BrN2O. The van der Waals surface area contributed by atoms with Gasteiger partial charge in [-0.2, -0.15) is 5.26 Å². The summed E-state index contributed by atoms with van der Waals surface area (Å²) in [6, 6.07) is 9.77. The molecule has 0 N–H and O–H groups in total. The molecule has 15 heavy (non-hydrogen) atoms. The molecule has 0 saturated carbocycles. The van der Waals surface area contributed by atoms with Crippen LogP contribution in [0.1, 0.15) is 0 Å². The van der Waals surface area contributed by atoms with Crippen molar-refractivity contribution in [3.05, 3.63) is 28.7 Å². The zero-order valence-corrected chi connectivity index (χ0v) is 9.57. The van der Waals surface area contributed by atoms with Crippen LogP contribution in [0, 0.1) is 17.2 Å². The van der Waals surface area contributed by atoms with E-state index < -0.39 is 5.92 Å². The summed E-state index contributed by atoms with van der Waals surface area (Å²) in [5.74, 6) is -0.450. The second-order valence-corrected chi connectivity index (χ2v) is 4.42. The summed E-state index contributed by atoms with van der Waals surface area (Å²) in [5.41, 5.74) is 0.990. The molecule has 1 saturated heterocycles. The minimum atomic E-state index is -0.464. The topological polar surface area (TPSA) is 44.1 Å². The summed E-state index contributed by atoms with van der Waals surface area (Å²) in [6.07, 6.45) is 0. The Morgan fingerprint density at radius 3 is 2.60 bits per heavy atom. The Morgan fingerprint density at radius 1 is 1.40 bits per heavy atom. The first-order chi connectivity index (χ1) is 7.20. The molecule has 76 valence electrons. The number of rotatable bonds is 1. The molecule has 4 heteroatoms. The van der Waals surface area contributed by atoms with Crippen LogP contribution in [-0.4, -0.2) is 18.9 Å². The zero-order valence-electron chi connectivity index (χ0n) is 7.98. The van der Waals surface area contributed by atoms with E-state index in [9.17, 15) is 4.79 Å². The molecule has 1 fully saturated rings. The first-order valence-electron chi connectivity index (χ1n) is 4.63. The summed E-state index contributed by atoms with van der Waals surface area (Å²) in [5, 5.41) is 8.74. The number of nitriles is 1. The molecule has 0 spiro atoms. The lowest BCUT2D eigenvalue weighted by Crippen LogP contribution is -2.19.